The molecule has 1 heterocycles. The quantitative estimate of drug-likeness (QED) is 0.773. The van der Waals surface area contributed by atoms with Crippen molar-refractivity contribution in [2.45, 2.75) is 64.5 Å². The molecular weight excluding hydrogens is 212 g/mol. The molecule has 0 bridgehead atoms. The molecule has 3 nitrogen and oxygen atoms in total. The van der Waals surface area contributed by atoms with E-state index in [1.54, 1.807) is 0 Å². The van der Waals surface area contributed by atoms with Gasteiger partial charge in [-0.05, 0) is 45.1 Å². The molecule has 2 aliphatic rings. The lowest BCUT2D eigenvalue weighted by atomic mass is 9.85. The predicted molar refractivity (Wildman–Crippen MR) is 69.8 cm³/mol. The van der Waals surface area contributed by atoms with E-state index in [0.717, 1.165) is 19.4 Å². The fraction of sp³-hybridized carbons (Fsp3) is 0.929. The second-order valence-electron chi connectivity index (χ2n) is 5.95. The van der Waals surface area contributed by atoms with Crippen molar-refractivity contribution >= 4 is 5.91 Å². The lowest BCUT2D eigenvalue weighted by Gasteiger charge is -2.33. The minimum Gasteiger partial charge on any atom is -0.353 e. The van der Waals surface area contributed by atoms with Crippen molar-refractivity contribution in [3.63, 3.8) is 0 Å². The number of hydrogen-bond donors (Lipinski definition) is 2. The number of piperidine rings is 1. The Labute approximate surface area is 105 Å². The minimum absolute atomic E-state index is 0.236. The van der Waals surface area contributed by atoms with Crippen molar-refractivity contribution < 1.29 is 4.79 Å². The number of hydrogen-bond acceptors (Lipinski definition) is 2. The molecule has 1 aliphatic carbocycles. The van der Waals surface area contributed by atoms with Crippen molar-refractivity contribution in [1.82, 2.24) is 10.6 Å². The van der Waals surface area contributed by atoms with Crippen LogP contribution in [0.3, 0.4) is 0 Å². The lowest BCUT2D eigenvalue weighted by Crippen LogP contribution is -2.47. The fourth-order valence-electron chi connectivity index (χ4n) is 3.20. The SMILES string of the molecule is CC1CC(C(=O)NC2CCCCC2C)CCN1. The Morgan fingerprint density at radius 2 is 1.94 bits per heavy atom. The summed E-state index contributed by atoms with van der Waals surface area (Å²) in [4.78, 5) is 12.2. The van der Waals surface area contributed by atoms with Gasteiger partial charge < -0.3 is 10.6 Å². The first-order valence-electron chi connectivity index (χ1n) is 7.20. The molecule has 2 fully saturated rings. The first-order valence-corrected chi connectivity index (χ1v) is 7.20. The maximum atomic E-state index is 12.2. The van der Waals surface area contributed by atoms with Gasteiger partial charge in [0.1, 0.15) is 0 Å². The molecule has 0 aromatic rings. The minimum atomic E-state index is 0.236. The molecule has 1 saturated carbocycles. The van der Waals surface area contributed by atoms with Gasteiger partial charge in [-0.2, -0.15) is 0 Å². The molecule has 1 saturated heterocycles. The Balaban J connectivity index is 1.83. The summed E-state index contributed by atoms with van der Waals surface area (Å²) < 4.78 is 0. The summed E-state index contributed by atoms with van der Waals surface area (Å²) in [6, 6.07) is 0.921. The van der Waals surface area contributed by atoms with Crippen LogP contribution in [-0.2, 0) is 4.79 Å². The molecule has 0 radical (unpaired) electrons. The topological polar surface area (TPSA) is 41.1 Å². The van der Waals surface area contributed by atoms with Crippen LogP contribution in [0.2, 0.25) is 0 Å². The van der Waals surface area contributed by atoms with E-state index in [-0.39, 0.29) is 5.92 Å². The van der Waals surface area contributed by atoms with E-state index in [2.05, 4.69) is 24.5 Å². The second kappa shape index (κ2) is 5.85. The molecule has 2 N–H and O–H groups in total. The van der Waals surface area contributed by atoms with Gasteiger partial charge in [0.05, 0.1) is 0 Å². The second-order valence-corrected chi connectivity index (χ2v) is 5.95. The highest BCUT2D eigenvalue weighted by atomic mass is 16.1. The average molecular weight is 238 g/mol. The van der Waals surface area contributed by atoms with Crippen molar-refractivity contribution in [2.24, 2.45) is 11.8 Å². The van der Waals surface area contributed by atoms with Gasteiger partial charge in [0.25, 0.3) is 0 Å². The zero-order valence-electron chi connectivity index (χ0n) is 11.2. The Hall–Kier alpha value is -0.570. The Kier molecular flexibility index (Phi) is 4.43. The van der Waals surface area contributed by atoms with Crippen LogP contribution in [0.25, 0.3) is 0 Å². The number of carbonyl (C=O) groups is 1. The van der Waals surface area contributed by atoms with Crippen LogP contribution in [0.5, 0.6) is 0 Å². The summed E-state index contributed by atoms with van der Waals surface area (Å²) in [5.41, 5.74) is 0. The summed E-state index contributed by atoms with van der Waals surface area (Å²) in [7, 11) is 0. The van der Waals surface area contributed by atoms with Crippen molar-refractivity contribution in [3.05, 3.63) is 0 Å². The summed E-state index contributed by atoms with van der Waals surface area (Å²) in [6.45, 7) is 5.43. The van der Waals surface area contributed by atoms with Crippen molar-refractivity contribution in [3.8, 4) is 0 Å². The molecule has 0 spiro atoms. The normalized spacial score (nSPS) is 38.7. The third-order valence-corrected chi connectivity index (χ3v) is 4.43. The first kappa shape index (κ1) is 12.9. The molecule has 1 aliphatic heterocycles. The van der Waals surface area contributed by atoms with Crippen LogP contribution in [0.15, 0.2) is 0 Å². The van der Waals surface area contributed by atoms with Gasteiger partial charge in [0.15, 0.2) is 0 Å². The Morgan fingerprint density at radius 3 is 2.65 bits per heavy atom. The average Bonchev–Trinajstić information content (AvgIpc) is 2.32. The summed E-state index contributed by atoms with van der Waals surface area (Å²) in [6.07, 6.45) is 7.04. The van der Waals surface area contributed by atoms with Crippen LogP contribution in [0.4, 0.5) is 0 Å². The monoisotopic (exact) mass is 238 g/mol. The smallest absolute Gasteiger partial charge is 0.223 e. The Morgan fingerprint density at radius 1 is 1.18 bits per heavy atom. The van der Waals surface area contributed by atoms with Gasteiger partial charge in [0, 0.05) is 18.0 Å². The Bertz CT molecular complexity index is 267. The van der Waals surface area contributed by atoms with E-state index in [0.29, 0.717) is 23.9 Å². The third kappa shape index (κ3) is 3.44. The van der Waals surface area contributed by atoms with E-state index < -0.39 is 0 Å². The maximum Gasteiger partial charge on any atom is 0.223 e. The van der Waals surface area contributed by atoms with Crippen LogP contribution >= 0.6 is 0 Å². The molecule has 98 valence electrons. The number of carbonyl (C=O) groups excluding carboxylic acids is 1. The lowest BCUT2D eigenvalue weighted by molar-refractivity contribution is -0.127. The van der Waals surface area contributed by atoms with Gasteiger partial charge in [-0.1, -0.05) is 19.8 Å². The van der Waals surface area contributed by atoms with Crippen LogP contribution in [0, 0.1) is 11.8 Å². The number of nitrogens with one attached hydrogen (secondary N) is 2. The van der Waals surface area contributed by atoms with E-state index in [9.17, 15) is 4.79 Å². The van der Waals surface area contributed by atoms with E-state index in [4.69, 9.17) is 0 Å². The van der Waals surface area contributed by atoms with Gasteiger partial charge in [-0.3, -0.25) is 4.79 Å². The zero-order chi connectivity index (χ0) is 12.3. The summed E-state index contributed by atoms with van der Waals surface area (Å²) in [5, 5.41) is 6.69. The van der Waals surface area contributed by atoms with Crippen molar-refractivity contribution in [2.75, 3.05) is 6.54 Å². The highest BCUT2D eigenvalue weighted by Gasteiger charge is 2.28. The first-order chi connectivity index (χ1) is 8.16. The zero-order valence-corrected chi connectivity index (χ0v) is 11.2. The van der Waals surface area contributed by atoms with Crippen LogP contribution in [0.1, 0.15) is 52.4 Å². The number of amides is 1. The van der Waals surface area contributed by atoms with Gasteiger partial charge in [0.2, 0.25) is 5.91 Å². The standard InChI is InChI=1S/C14H26N2O/c1-10-5-3-4-6-13(10)16-14(17)12-7-8-15-11(2)9-12/h10-13,15H,3-9H2,1-2H3,(H,16,17). The molecule has 3 heteroatoms. The van der Waals surface area contributed by atoms with E-state index >= 15 is 0 Å². The van der Waals surface area contributed by atoms with Crippen LogP contribution in [-0.4, -0.2) is 24.5 Å². The summed E-state index contributed by atoms with van der Waals surface area (Å²) >= 11 is 0. The van der Waals surface area contributed by atoms with E-state index in [1.165, 1.54) is 25.7 Å². The molecular formula is C14H26N2O. The fourth-order valence-corrected chi connectivity index (χ4v) is 3.20. The largest absolute Gasteiger partial charge is 0.353 e. The third-order valence-electron chi connectivity index (χ3n) is 4.43. The molecule has 17 heavy (non-hydrogen) atoms. The highest BCUT2D eigenvalue weighted by molar-refractivity contribution is 5.79. The maximum absolute atomic E-state index is 12.2. The molecule has 4 atom stereocenters. The highest BCUT2D eigenvalue weighted by Crippen LogP contribution is 2.25. The molecule has 1 amide bonds. The number of rotatable bonds is 2. The summed E-state index contributed by atoms with van der Waals surface area (Å²) in [5.74, 6) is 1.20. The van der Waals surface area contributed by atoms with Gasteiger partial charge >= 0.3 is 0 Å². The van der Waals surface area contributed by atoms with Crippen LogP contribution < -0.4 is 10.6 Å². The van der Waals surface area contributed by atoms with Crippen molar-refractivity contribution in [1.29, 1.82) is 0 Å². The molecule has 0 aromatic carbocycles. The van der Waals surface area contributed by atoms with Gasteiger partial charge in [-0.25, -0.2) is 0 Å². The molecule has 2 rings (SSSR count). The molecule has 0 aromatic heterocycles. The van der Waals surface area contributed by atoms with Gasteiger partial charge in [-0.15, -0.1) is 0 Å². The predicted octanol–water partition coefficient (Wildman–Crippen LogP) is 2.07. The molecule has 4 unspecified atom stereocenters. The van der Waals surface area contributed by atoms with E-state index in [1.807, 2.05) is 0 Å².